The molecule has 0 heterocycles. The van der Waals surface area contributed by atoms with Crippen molar-refractivity contribution in [2.75, 3.05) is 7.11 Å². The van der Waals surface area contributed by atoms with Crippen molar-refractivity contribution in [1.82, 2.24) is 0 Å². The van der Waals surface area contributed by atoms with Gasteiger partial charge in [-0.15, -0.1) is 0 Å². The molecule has 0 saturated carbocycles. The van der Waals surface area contributed by atoms with Crippen molar-refractivity contribution in [1.29, 1.82) is 0 Å². The smallest absolute Gasteiger partial charge is 0.322 e. The number of carbonyl (C=O) groups excluding carboxylic acids is 1. The average Bonchev–Trinajstić information content (AvgIpc) is 2.26. The number of carbonyl (C=O) groups is 1. The first-order chi connectivity index (χ1) is 7.22. The van der Waals surface area contributed by atoms with E-state index in [1.807, 2.05) is 0 Å². The van der Waals surface area contributed by atoms with Crippen LogP contribution in [0.5, 0.6) is 0 Å². The molecule has 3 nitrogen and oxygen atoms in total. The van der Waals surface area contributed by atoms with Gasteiger partial charge in [-0.2, -0.15) is 0 Å². The second-order valence-corrected chi connectivity index (χ2v) is 4.04. The van der Waals surface area contributed by atoms with Crippen LogP contribution in [-0.4, -0.2) is 19.1 Å². The van der Waals surface area contributed by atoms with Crippen LogP contribution in [0.25, 0.3) is 0 Å². The Kier molecular flexibility index (Phi) is 9.59. The number of rotatable bonds is 9. The third-order valence-corrected chi connectivity index (χ3v) is 2.62. The molecule has 0 aromatic rings. The number of hydrogen-bond acceptors (Lipinski definition) is 3. The quantitative estimate of drug-likeness (QED) is 0.475. The Hall–Kier alpha value is -0.570. The first kappa shape index (κ1) is 14.4. The van der Waals surface area contributed by atoms with Crippen LogP contribution in [0.2, 0.25) is 0 Å². The summed E-state index contributed by atoms with van der Waals surface area (Å²) in [5.41, 5.74) is 5.62. The number of esters is 1. The zero-order valence-electron chi connectivity index (χ0n) is 10.1. The predicted octanol–water partition coefficient (Wildman–Crippen LogP) is 2.63. The van der Waals surface area contributed by atoms with Crippen LogP contribution in [0.4, 0.5) is 0 Å². The summed E-state index contributed by atoms with van der Waals surface area (Å²) < 4.78 is 4.56. The van der Waals surface area contributed by atoms with Crippen molar-refractivity contribution >= 4 is 5.97 Å². The molecule has 0 amide bonds. The fraction of sp³-hybridized carbons (Fsp3) is 0.917. The van der Waals surface area contributed by atoms with Crippen LogP contribution in [-0.2, 0) is 9.53 Å². The van der Waals surface area contributed by atoms with Gasteiger partial charge < -0.3 is 10.5 Å². The second-order valence-electron chi connectivity index (χ2n) is 4.04. The summed E-state index contributed by atoms with van der Waals surface area (Å²) in [5.74, 6) is -0.291. The molecule has 15 heavy (non-hydrogen) atoms. The van der Waals surface area contributed by atoms with Gasteiger partial charge in [-0.3, -0.25) is 4.79 Å². The largest absolute Gasteiger partial charge is 0.468 e. The minimum Gasteiger partial charge on any atom is -0.468 e. The average molecular weight is 215 g/mol. The summed E-state index contributed by atoms with van der Waals surface area (Å²) in [5, 5.41) is 0. The van der Waals surface area contributed by atoms with Crippen molar-refractivity contribution in [3.63, 3.8) is 0 Å². The van der Waals surface area contributed by atoms with E-state index in [4.69, 9.17) is 5.73 Å². The van der Waals surface area contributed by atoms with Gasteiger partial charge >= 0.3 is 5.97 Å². The molecule has 1 atom stereocenters. The molecule has 1 unspecified atom stereocenters. The number of ether oxygens (including phenoxy) is 1. The summed E-state index contributed by atoms with van der Waals surface area (Å²) in [6, 6.07) is -0.425. The predicted molar refractivity (Wildman–Crippen MR) is 62.6 cm³/mol. The van der Waals surface area contributed by atoms with Gasteiger partial charge in [0, 0.05) is 0 Å². The minimum atomic E-state index is -0.425. The van der Waals surface area contributed by atoms with Gasteiger partial charge in [0.1, 0.15) is 6.04 Å². The molecule has 0 aliphatic carbocycles. The van der Waals surface area contributed by atoms with E-state index < -0.39 is 6.04 Å². The van der Waals surface area contributed by atoms with Crippen molar-refractivity contribution in [3.8, 4) is 0 Å². The van der Waals surface area contributed by atoms with E-state index in [1.165, 1.54) is 45.6 Å². The highest BCUT2D eigenvalue weighted by Crippen LogP contribution is 2.09. The molecule has 0 aliphatic rings. The minimum absolute atomic E-state index is 0.291. The lowest BCUT2D eigenvalue weighted by atomic mass is 10.1. The molecule has 90 valence electrons. The molecule has 0 aliphatic heterocycles. The van der Waals surface area contributed by atoms with Gasteiger partial charge in [-0.05, 0) is 6.42 Å². The summed E-state index contributed by atoms with van der Waals surface area (Å²) >= 11 is 0. The fourth-order valence-electron chi connectivity index (χ4n) is 1.59. The topological polar surface area (TPSA) is 52.3 Å². The van der Waals surface area contributed by atoms with Crippen LogP contribution in [0.3, 0.4) is 0 Å². The van der Waals surface area contributed by atoms with Gasteiger partial charge in [-0.1, -0.05) is 51.9 Å². The maximum absolute atomic E-state index is 11.0. The van der Waals surface area contributed by atoms with E-state index in [9.17, 15) is 4.79 Å². The highest BCUT2D eigenvalue weighted by Gasteiger charge is 2.12. The molecule has 0 saturated heterocycles. The lowest BCUT2D eigenvalue weighted by Gasteiger charge is -2.08. The van der Waals surface area contributed by atoms with E-state index in [0.29, 0.717) is 0 Å². The zero-order chi connectivity index (χ0) is 11.5. The Bertz CT molecular complexity index is 160. The van der Waals surface area contributed by atoms with Crippen molar-refractivity contribution in [2.45, 2.75) is 64.3 Å². The molecule has 2 N–H and O–H groups in total. The second kappa shape index (κ2) is 9.97. The van der Waals surface area contributed by atoms with E-state index in [1.54, 1.807) is 0 Å². The van der Waals surface area contributed by atoms with Gasteiger partial charge in [0.25, 0.3) is 0 Å². The summed E-state index contributed by atoms with van der Waals surface area (Å²) in [6.45, 7) is 2.22. The number of methoxy groups -OCH3 is 1. The van der Waals surface area contributed by atoms with Crippen LogP contribution in [0, 0.1) is 0 Å². The zero-order valence-corrected chi connectivity index (χ0v) is 10.1. The third kappa shape index (κ3) is 8.43. The summed E-state index contributed by atoms with van der Waals surface area (Å²) in [4.78, 5) is 11.0. The van der Waals surface area contributed by atoms with Gasteiger partial charge in [0.05, 0.1) is 7.11 Å². The Labute approximate surface area is 93.4 Å². The van der Waals surface area contributed by atoms with Crippen molar-refractivity contribution in [2.24, 2.45) is 5.73 Å². The molecule has 0 bridgehead atoms. The Balaban J connectivity index is 3.20. The highest BCUT2D eigenvalue weighted by atomic mass is 16.5. The normalized spacial score (nSPS) is 12.5. The molecule has 0 aromatic heterocycles. The lowest BCUT2D eigenvalue weighted by molar-refractivity contribution is -0.142. The summed E-state index contributed by atoms with van der Waals surface area (Å²) in [7, 11) is 1.38. The molecule has 0 radical (unpaired) electrons. The molecular formula is C12H25NO2. The molecule has 0 spiro atoms. The number of hydrogen-bond donors (Lipinski definition) is 1. The van der Waals surface area contributed by atoms with Crippen LogP contribution in [0.1, 0.15) is 58.3 Å². The first-order valence-electron chi connectivity index (χ1n) is 6.05. The molecule has 3 heteroatoms. The van der Waals surface area contributed by atoms with E-state index in [0.717, 1.165) is 12.8 Å². The van der Waals surface area contributed by atoms with Gasteiger partial charge in [-0.25, -0.2) is 0 Å². The maximum atomic E-state index is 11.0. The molecular weight excluding hydrogens is 190 g/mol. The number of nitrogens with two attached hydrogens (primary N) is 1. The van der Waals surface area contributed by atoms with Gasteiger partial charge in [0.2, 0.25) is 0 Å². The van der Waals surface area contributed by atoms with Crippen LogP contribution >= 0.6 is 0 Å². The van der Waals surface area contributed by atoms with Crippen LogP contribution in [0.15, 0.2) is 0 Å². The highest BCUT2D eigenvalue weighted by molar-refractivity contribution is 5.75. The molecule has 0 rings (SSSR count). The third-order valence-electron chi connectivity index (χ3n) is 2.62. The Morgan fingerprint density at radius 3 is 2.20 bits per heavy atom. The van der Waals surface area contributed by atoms with Crippen molar-refractivity contribution < 1.29 is 9.53 Å². The first-order valence-corrected chi connectivity index (χ1v) is 6.05. The monoisotopic (exact) mass is 215 g/mol. The maximum Gasteiger partial charge on any atom is 0.322 e. The SMILES string of the molecule is CCCCCCCCCC(N)C(=O)OC. The van der Waals surface area contributed by atoms with Crippen molar-refractivity contribution in [3.05, 3.63) is 0 Å². The fourth-order valence-corrected chi connectivity index (χ4v) is 1.59. The van der Waals surface area contributed by atoms with E-state index in [2.05, 4.69) is 11.7 Å². The lowest BCUT2D eigenvalue weighted by Crippen LogP contribution is -2.31. The van der Waals surface area contributed by atoms with E-state index in [-0.39, 0.29) is 5.97 Å². The number of unbranched alkanes of at least 4 members (excludes halogenated alkanes) is 6. The standard InChI is InChI=1S/C12H25NO2/c1-3-4-5-6-7-8-9-10-11(13)12(14)15-2/h11H,3-10,13H2,1-2H3. The molecule has 0 fully saturated rings. The van der Waals surface area contributed by atoms with Crippen LogP contribution < -0.4 is 5.73 Å². The van der Waals surface area contributed by atoms with E-state index >= 15 is 0 Å². The Morgan fingerprint density at radius 1 is 1.13 bits per heavy atom. The Morgan fingerprint density at radius 2 is 1.67 bits per heavy atom. The summed E-state index contributed by atoms with van der Waals surface area (Å²) in [6.07, 6.45) is 9.47. The molecule has 0 aromatic carbocycles. The van der Waals surface area contributed by atoms with Gasteiger partial charge in [0.15, 0.2) is 0 Å².